The Morgan fingerprint density at radius 3 is 2.55 bits per heavy atom. The van der Waals surface area contributed by atoms with E-state index in [4.69, 9.17) is 0 Å². The van der Waals surface area contributed by atoms with Gasteiger partial charge in [0.25, 0.3) is 0 Å². The highest BCUT2D eigenvalue weighted by Gasteiger charge is 2.35. The highest BCUT2D eigenvalue weighted by atomic mass is 16.3. The van der Waals surface area contributed by atoms with E-state index < -0.39 is 0 Å². The third kappa shape index (κ3) is 1.48. The van der Waals surface area contributed by atoms with E-state index in [-0.39, 0.29) is 11.5 Å². The molecule has 1 rings (SSSR count). The molecule has 0 amide bonds. The molecule has 0 aliphatic heterocycles. The molecule has 0 saturated carbocycles. The van der Waals surface area contributed by atoms with Gasteiger partial charge < -0.3 is 5.11 Å². The molecule has 0 aromatic rings. The molecule has 3 atom stereocenters. The van der Waals surface area contributed by atoms with Gasteiger partial charge in [-0.05, 0) is 31.1 Å². The van der Waals surface area contributed by atoms with Gasteiger partial charge in [0.05, 0.1) is 6.10 Å². The summed E-state index contributed by atoms with van der Waals surface area (Å²) in [6.07, 6.45) is 6.34. The molecule has 0 heterocycles. The summed E-state index contributed by atoms with van der Waals surface area (Å²) in [6.45, 7) is 6.29. The van der Waals surface area contributed by atoms with Crippen molar-refractivity contribution in [2.45, 2.75) is 39.7 Å². The van der Waals surface area contributed by atoms with Crippen molar-refractivity contribution in [1.29, 1.82) is 0 Å². The largest absolute Gasteiger partial charge is 0.393 e. The zero-order valence-corrected chi connectivity index (χ0v) is 7.67. The van der Waals surface area contributed by atoms with E-state index in [1.54, 1.807) is 0 Å². The van der Waals surface area contributed by atoms with Crippen molar-refractivity contribution in [3.8, 4) is 0 Å². The number of rotatable bonds is 1. The predicted octanol–water partition coefficient (Wildman–Crippen LogP) is 2.36. The second-order valence-corrected chi connectivity index (χ2v) is 3.99. The lowest BCUT2D eigenvalue weighted by Gasteiger charge is -2.39. The number of aliphatic hydroxyl groups is 1. The number of aliphatic hydroxyl groups excluding tert-OH is 1. The molecular weight excluding hydrogens is 136 g/mol. The second-order valence-electron chi connectivity index (χ2n) is 3.99. The summed E-state index contributed by atoms with van der Waals surface area (Å²) in [7, 11) is 0. The Morgan fingerprint density at radius 2 is 2.18 bits per heavy atom. The lowest BCUT2D eigenvalue weighted by molar-refractivity contribution is 0.00993. The molecule has 1 aliphatic rings. The summed E-state index contributed by atoms with van der Waals surface area (Å²) in [4.78, 5) is 0. The lowest BCUT2D eigenvalue weighted by atomic mass is 9.68. The Bertz CT molecular complexity index is 160. The van der Waals surface area contributed by atoms with Crippen molar-refractivity contribution in [3.05, 3.63) is 12.2 Å². The minimum atomic E-state index is -0.192. The van der Waals surface area contributed by atoms with Crippen LogP contribution in [0.15, 0.2) is 12.2 Å². The zero-order valence-electron chi connectivity index (χ0n) is 7.67. The third-order valence-corrected chi connectivity index (χ3v) is 3.29. The summed E-state index contributed by atoms with van der Waals surface area (Å²) in [6, 6.07) is 0. The molecule has 1 aliphatic carbocycles. The van der Waals surface area contributed by atoms with Crippen molar-refractivity contribution in [3.63, 3.8) is 0 Å². The van der Waals surface area contributed by atoms with Gasteiger partial charge in [-0.25, -0.2) is 0 Å². The van der Waals surface area contributed by atoms with E-state index in [2.05, 4.69) is 26.0 Å². The van der Waals surface area contributed by atoms with Crippen LogP contribution in [0.3, 0.4) is 0 Å². The predicted molar refractivity (Wildman–Crippen MR) is 47.3 cm³/mol. The van der Waals surface area contributed by atoms with Crippen LogP contribution in [0, 0.1) is 11.3 Å². The normalized spacial score (nSPS) is 40.5. The highest BCUT2D eigenvalue weighted by Crippen LogP contribution is 2.40. The number of hydrogen-bond acceptors (Lipinski definition) is 1. The van der Waals surface area contributed by atoms with Gasteiger partial charge in [-0.15, -0.1) is 0 Å². The second kappa shape index (κ2) is 2.98. The molecule has 64 valence electrons. The minimum Gasteiger partial charge on any atom is -0.393 e. The molecule has 1 heteroatoms. The SMILES string of the molecule is CC(O)[C@@]1(C)CC=CCC1C. The molecule has 11 heavy (non-hydrogen) atoms. The van der Waals surface area contributed by atoms with Crippen LogP contribution in [0.5, 0.6) is 0 Å². The Labute approximate surface area is 69.1 Å². The smallest absolute Gasteiger partial charge is 0.0571 e. The van der Waals surface area contributed by atoms with E-state index in [9.17, 15) is 5.11 Å². The van der Waals surface area contributed by atoms with Crippen molar-refractivity contribution in [2.24, 2.45) is 11.3 Å². The first-order valence-corrected chi connectivity index (χ1v) is 4.40. The van der Waals surface area contributed by atoms with E-state index in [1.165, 1.54) is 0 Å². The summed E-state index contributed by atoms with van der Waals surface area (Å²) in [5.74, 6) is 0.604. The maximum Gasteiger partial charge on any atom is 0.0571 e. The molecule has 1 nitrogen and oxygen atoms in total. The molecule has 0 radical (unpaired) electrons. The van der Waals surface area contributed by atoms with Crippen LogP contribution in [-0.4, -0.2) is 11.2 Å². The van der Waals surface area contributed by atoms with Gasteiger partial charge in [-0.3, -0.25) is 0 Å². The molecule has 1 N–H and O–H groups in total. The molecule has 0 bridgehead atoms. The Morgan fingerprint density at radius 1 is 1.55 bits per heavy atom. The minimum absolute atomic E-state index is 0.106. The summed E-state index contributed by atoms with van der Waals surface area (Å²) < 4.78 is 0. The van der Waals surface area contributed by atoms with Gasteiger partial charge in [-0.1, -0.05) is 26.0 Å². The molecule has 0 aromatic heterocycles. The fourth-order valence-corrected chi connectivity index (χ4v) is 1.69. The van der Waals surface area contributed by atoms with Crippen LogP contribution >= 0.6 is 0 Å². The standard InChI is InChI=1S/C10H18O/c1-8-6-4-5-7-10(8,3)9(2)11/h4-5,8-9,11H,6-7H2,1-3H3/t8?,9?,10-/m0/s1. The molecule has 2 unspecified atom stereocenters. The van der Waals surface area contributed by atoms with Gasteiger partial charge in [-0.2, -0.15) is 0 Å². The van der Waals surface area contributed by atoms with Gasteiger partial charge in [0.15, 0.2) is 0 Å². The fraction of sp³-hybridized carbons (Fsp3) is 0.800. The fourth-order valence-electron chi connectivity index (χ4n) is 1.69. The molecule has 0 fully saturated rings. The number of hydrogen-bond donors (Lipinski definition) is 1. The summed E-state index contributed by atoms with van der Waals surface area (Å²) in [5, 5.41) is 9.57. The van der Waals surface area contributed by atoms with Crippen LogP contribution < -0.4 is 0 Å². The molecule has 0 spiro atoms. The van der Waals surface area contributed by atoms with Crippen molar-refractivity contribution >= 4 is 0 Å². The van der Waals surface area contributed by atoms with Crippen molar-refractivity contribution in [2.75, 3.05) is 0 Å². The van der Waals surface area contributed by atoms with Crippen LogP contribution in [0.25, 0.3) is 0 Å². The maximum atomic E-state index is 9.57. The van der Waals surface area contributed by atoms with E-state index >= 15 is 0 Å². The quantitative estimate of drug-likeness (QED) is 0.575. The monoisotopic (exact) mass is 154 g/mol. The van der Waals surface area contributed by atoms with Gasteiger partial charge >= 0.3 is 0 Å². The maximum absolute atomic E-state index is 9.57. The summed E-state index contributed by atoms with van der Waals surface area (Å²) >= 11 is 0. The lowest BCUT2D eigenvalue weighted by Crippen LogP contribution is -2.37. The first kappa shape index (κ1) is 8.79. The highest BCUT2D eigenvalue weighted by molar-refractivity contribution is 5.01. The average molecular weight is 154 g/mol. The topological polar surface area (TPSA) is 20.2 Å². The summed E-state index contributed by atoms with van der Waals surface area (Å²) in [5.41, 5.74) is 0.106. The Balaban J connectivity index is 2.75. The van der Waals surface area contributed by atoms with Gasteiger partial charge in [0, 0.05) is 0 Å². The van der Waals surface area contributed by atoms with Gasteiger partial charge in [0.2, 0.25) is 0 Å². The van der Waals surface area contributed by atoms with Crippen LogP contribution in [0.1, 0.15) is 33.6 Å². The first-order chi connectivity index (χ1) is 5.07. The van der Waals surface area contributed by atoms with Crippen LogP contribution in [0.2, 0.25) is 0 Å². The van der Waals surface area contributed by atoms with E-state index in [0.717, 1.165) is 12.8 Å². The van der Waals surface area contributed by atoms with Gasteiger partial charge in [0.1, 0.15) is 0 Å². The van der Waals surface area contributed by atoms with Crippen LogP contribution in [-0.2, 0) is 0 Å². The van der Waals surface area contributed by atoms with Crippen molar-refractivity contribution in [1.82, 2.24) is 0 Å². The zero-order chi connectivity index (χ0) is 8.48. The first-order valence-electron chi connectivity index (χ1n) is 4.40. The van der Waals surface area contributed by atoms with E-state index in [1.807, 2.05) is 6.92 Å². The van der Waals surface area contributed by atoms with Crippen LogP contribution in [0.4, 0.5) is 0 Å². The molecule has 0 saturated heterocycles. The average Bonchev–Trinajstić information content (AvgIpc) is 1.95. The van der Waals surface area contributed by atoms with E-state index in [0.29, 0.717) is 5.92 Å². The Hall–Kier alpha value is -0.300. The van der Waals surface area contributed by atoms with Crippen molar-refractivity contribution < 1.29 is 5.11 Å². The Kier molecular flexibility index (Phi) is 2.38. The molecule has 0 aromatic carbocycles. The third-order valence-electron chi connectivity index (χ3n) is 3.29. The molecular formula is C10H18O. The number of allylic oxidation sites excluding steroid dienone is 2.